The van der Waals surface area contributed by atoms with Crippen molar-refractivity contribution < 1.29 is 14.7 Å². The van der Waals surface area contributed by atoms with E-state index in [4.69, 9.17) is 0 Å². The minimum absolute atomic E-state index is 0.00132. The molecule has 0 heterocycles. The van der Waals surface area contributed by atoms with Gasteiger partial charge in [0.25, 0.3) is 0 Å². The highest BCUT2D eigenvalue weighted by Gasteiger charge is 2.54. The number of hydrogen-bond donors (Lipinski definition) is 2. The minimum Gasteiger partial charge on any atom is -0.392 e. The Balaban J connectivity index is 1.71. The summed E-state index contributed by atoms with van der Waals surface area (Å²) in [5.74, 6) is 0.758. The lowest BCUT2D eigenvalue weighted by Gasteiger charge is -2.56. The highest BCUT2D eigenvalue weighted by molar-refractivity contribution is 5.79. The Hall–Kier alpha value is -1.10. The Labute approximate surface area is 189 Å². The summed E-state index contributed by atoms with van der Waals surface area (Å²) < 4.78 is 0. The summed E-state index contributed by atoms with van der Waals surface area (Å²) in [5, 5.41) is 15.0. The topological polar surface area (TPSA) is 69.6 Å². The molecule has 2 amide bonds. The van der Waals surface area contributed by atoms with Crippen molar-refractivity contribution in [3.63, 3.8) is 0 Å². The third-order valence-corrected chi connectivity index (χ3v) is 9.30. The molecule has 3 aliphatic carbocycles. The maximum absolute atomic E-state index is 13.0. The molecule has 3 saturated carbocycles. The van der Waals surface area contributed by atoms with Gasteiger partial charge in [-0.05, 0) is 75.5 Å². The van der Waals surface area contributed by atoms with Crippen molar-refractivity contribution in [2.45, 2.75) is 105 Å². The van der Waals surface area contributed by atoms with E-state index in [0.29, 0.717) is 0 Å². The van der Waals surface area contributed by atoms with Gasteiger partial charge >= 0.3 is 0 Å². The molecule has 3 fully saturated rings. The molecule has 0 spiro atoms. The molecule has 3 rings (SSSR count). The van der Waals surface area contributed by atoms with Crippen LogP contribution in [0.5, 0.6) is 0 Å². The van der Waals surface area contributed by atoms with Crippen LogP contribution in [0.3, 0.4) is 0 Å². The van der Waals surface area contributed by atoms with Crippen molar-refractivity contribution in [1.82, 2.24) is 10.2 Å². The number of carbonyl (C=O) groups excluding carboxylic acids is 2. The Kier molecular flexibility index (Phi) is 8.10. The first kappa shape index (κ1) is 24.5. The molecular formula is C26H46N2O3. The molecule has 0 aromatic rings. The molecule has 0 aromatic carbocycles. The monoisotopic (exact) mass is 434 g/mol. The molecule has 5 nitrogen and oxygen atoms in total. The van der Waals surface area contributed by atoms with Gasteiger partial charge < -0.3 is 15.3 Å². The highest BCUT2D eigenvalue weighted by Crippen LogP contribution is 2.55. The molecule has 0 radical (unpaired) electrons. The normalized spacial score (nSPS) is 37.5. The minimum atomic E-state index is -0.488. The van der Waals surface area contributed by atoms with Crippen molar-refractivity contribution in [1.29, 1.82) is 0 Å². The van der Waals surface area contributed by atoms with E-state index in [1.807, 2.05) is 25.7 Å². The quantitative estimate of drug-likeness (QED) is 0.652. The van der Waals surface area contributed by atoms with Crippen LogP contribution in [-0.2, 0) is 9.59 Å². The molecule has 5 heteroatoms. The summed E-state index contributed by atoms with van der Waals surface area (Å²) in [6, 6.07) is 0.134. The Morgan fingerprint density at radius 2 is 1.68 bits per heavy atom. The lowest BCUT2D eigenvalue weighted by Crippen LogP contribution is -2.59. The maximum Gasteiger partial charge on any atom is 0.225 e. The van der Waals surface area contributed by atoms with Gasteiger partial charge in [-0.1, -0.05) is 40.0 Å². The fourth-order valence-electron chi connectivity index (χ4n) is 7.17. The Morgan fingerprint density at radius 3 is 2.29 bits per heavy atom. The summed E-state index contributed by atoms with van der Waals surface area (Å²) >= 11 is 0. The van der Waals surface area contributed by atoms with Gasteiger partial charge in [-0.25, -0.2) is 0 Å². The van der Waals surface area contributed by atoms with E-state index in [9.17, 15) is 14.7 Å². The van der Waals surface area contributed by atoms with Gasteiger partial charge in [0.05, 0.1) is 6.10 Å². The first-order valence-electron chi connectivity index (χ1n) is 13.0. The van der Waals surface area contributed by atoms with Crippen molar-refractivity contribution in [3.05, 3.63) is 0 Å². The summed E-state index contributed by atoms with van der Waals surface area (Å²) in [5.41, 5.74) is 0.0966. The predicted octanol–water partition coefficient (Wildman–Crippen LogP) is 4.38. The zero-order chi connectivity index (χ0) is 22.8. The van der Waals surface area contributed by atoms with E-state index in [1.165, 1.54) is 6.42 Å². The second-order valence-corrected chi connectivity index (χ2v) is 11.0. The molecular weight excluding hydrogens is 388 g/mol. The highest BCUT2D eigenvalue weighted by atomic mass is 16.3. The maximum atomic E-state index is 13.0. The zero-order valence-corrected chi connectivity index (χ0v) is 20.5. The molecule has 178 valence electrons. The Morgan fingerprint density at radius 1 is 1.06 bits per heavy atom. The number of fused-ring (bicyclic) bond motifs is 1. The van der Waals surface area contributed by atoms with Gasteiger partial charge in [0, 0.05) is 31.0 Å². The summed E-state index contributed by atoms with van der Waals surface area (Å²) in [4.78, 5) is 27.8. The van der Waals surface area contributed by atoms with Crippen LogP contribution in [0.1, 0.15) is 92.4 Å². The average Bonchev–Trinajstić information content (AvgIpc) is 2.76. The standard InChI is InChI=1S/C26H46N2O3/c1-6-28(7-2)25(31)17(3)20-13-15-26(5)16-14-21(18(4)22(26)23(20)29)27-24(30)19-11-9-8-10-12-19/h17-23,29H,6-16H2,1-5H3,(H,27,30)/t17-,18+,20-,21-,22+,23-,26-/m0/s1. The number of nitrogens with one attached hydrogen (secondary N) is 1. The molecule has 0 aliphatic heterocycles. The second kappa shape index (κ2) is 10.2. The molecule has 0 unspecified atom stereocenters. The number of aliphatic hydroxyl groups excluding tert-OH is 1. The predicted molar refractivity (Wildman–Crippen MR) is 124 cm³/mol. The van der Waals surface area contributed by atoms with Gasteiger partial charge in [-0.3, -0.25) is 9.59 Å². The molecule has 2 N–H and O–H groups in total. The molecule has 0 saturated heterocycles. The molecule has 0 bridgehead atoms. The van der Waals surface area contributed by atoms with Crippen LogP contribution in [0, 0.1) is 35.0 Å². The van der Waals surface area contributed by atoms with E-state index >= 15 is 0 Å². The average molecular weight is 435 g/mol. The Bertz CT molecular complexity index is 628. The first-order chi connectivity index (χ1) is 14.7. The van der Waals surface area contributed by atoms with E-state index in [0.717, 1.165) is 64.5 Å². The van der Waals surface area contributed by atoms with Crippen LogP contribution in [-0.4, -0.2) is 47.1 Å². The van der Waals surface area contributed by atoms with Crippen molar-refractivity contribution >= 4 is 11.8 Å². The smallest absolute Gasteiger partial charge is 0.225 e. The van der Waals surface area contributed by atoms with Crippen molar-refractivity contribution in [3.8, 4) is 0 Å². The molecule has 7 atom stereocenters. The van der Waals surface area contributed by atoms with Crippen LogP contribution >= 0.6 is 0 Å². The number of nitrogens with zero attached hydrogens (tertiary/aromatic N) is 1. The van der Waals surface area contributed by atoms with E-state index < -0.39 is 6.10 Å². The third-order valence-electron chi connectivity index (χ3n) is 9.30. The SMILES string of the molecule is CCN(CC)C(=O)[C@@H](C)[C@@H]1CC[C@@]2(C)CC[C@H](NC(=O)C3CCCCC3)[C@@H](C)[C@@H]2[C@H]1O. The van der Waals surface area contributed by atoms with Crippen molar-refractivity contribution in [2.75, 3.05) is 13.1 Å². The van der Waals surface area contributed by atoms with Crippen LogP contribution in [0.2, 0.25) is 0 Å². The van der Waals surface area contributed by atoms with Crippen LogP contribution in [0.25, 0.3) is 0 Å². The van der Waals surface area contributed by atoms with E-state index in [2.05, 4.69) is 19.2 Å². The van der Waals surface area contributed by atoms with Crippen molar-refractivity contribution in [2.24, 2.45) is 35.0 Å². The summed E-state index contributed by atoms with van der Waals surface area (Å²) in [6.07, 6.45) is 9.14. The van der Waals surface area contributed by atoms with Gasteiger partial charge in [-0.15, -0.1) is 0 Å². The van der Waals surface area contributed by atoms with E-state index in [-0.39, 0.29) is 52.9 Å². The first-order valence-corrected chi connectivity index (χ1v) is 13.0. The van der Waals surface area contributed by atoms with Gasteiger partial charge in [0.15, 0.2) is 0 Å². The van der Waals surface area contributed by atoms with Crippen LogP contribution in [0.4, 0.5) is 0 Å². The number of aliphatic hydroxyl groups is 1. The number of amides is 2. The number of rotatable bonds is 6. The van der Waals surface area contributed by atoms with Gasteiger partial charge in [0.2, 0.25) is 11.8 Å². The molecule has 0 aromatic heterocycles. The van der Waals surface area contributed by atoms with Crippen LogP contribution in [0.15, 0.2) is 0 Å². The summed E-state index contributed by atoms with van der Waals surface area (Å²) in [6.45, 7) is 12.0. The fourth-order valence-corrected chi connectivity index (χ4v) is 7.17. The largest absolute Gasteiger partial charge is 0.392 e. The molecule has 3 aliphatic rings. The number of carbonyl (C=O) groups is 2. The third kappa shape index (κ3) is 4.96. The van der Waals surface area contributed by atoms with Gasteiger partial charge in [-0.2, -0.15) is 0 Å². The molecule has 31 heavy (non-hydrogen) atoms. The lowest BCUT2D eigenvalue weighted by atomic mass is 9.51. The fraction of sp³-hybridized carbons (Fsp3) is 0.923. The zero-order valence-electron chi connectivity index (χ0n) is 20.5. The number of hydrogen-bond acceptors (Lipinski definition) is 3. The van der Waals surface area contributed by atoms with Gasteiger partial charge in [0.1, 0.15) is 0 Å². The van der Waals surface area contributed by atoms with E-state index in [1.54, 1.807) is 0 Å². The lowest BCUT2D eigenvalue weighted by molar-refractivity contribution is -0.151. The van der Waals surface area contributed by atoms with Crippen LogP contribution < -0.4 is 5.32 Å². The second-order valence-electron chi connectivity index (χ2n) is 11.0. The summed E-state index contributed by atoms with van der Waals surface area (Å²) in [7, 11) is 0.